The Bertz CT molecular complexity index is 345. The van der Waals surface area contributed by atoms with E-state index in [1.54, 1.807) is 0 Å². The maximum Gasteiger partial charge on any atom is 0.0946 e. The number of nitrogens with two attached hydrogens (primary N) is 1. The van der Waals surface area contributed by atoms with E-state index in [0.29, 0.717) is 6.04 Å². The Morgan fingerprint density at radius 2 is 1.89 bits per heavy atom. The van der Waals surface area contributed by atoms with Crippen molar-refractivity contribution in [3.63, 3.8) is 0 Å². The third-order valence-corrected chi connectivity index (χ3v) is 5.22. The Balaban J connectivity index is 1.82. The van der Waals surface area contributed by atoms with Gasteiger partial charge in [-0.05, 0) is 26.2 Å². The molecule has 1 aliphatic carbocycles. The van der Waals surface area contributed by atoms with Crippen LogP contribution in [0.2, 0.25) is 0 Å². The van der Waals surface area contributed by atoms with Crippen molar-refractivity contribution in [2.45, 2.75) is 71.3 Å². The summed E-state index contributed by atoms with van der Waals surface area (Å²) in [7, 11) is 0. The lowest BCUT2D eigenvalue weighted by atomic mass is 9.92. The van der Waals surface area contributed by atoms with Gasteiger partial charge in [0.2, 0.25) is 0 Å². The van der Waals surface area contributed by atoms with Gasteiger partial charge in [-0.2, -0.15) is 0 Å². The van der Waals surface area contributed by atoms with Crippen LogP contribution in [0.25, 0.3) is 0 Å². The van der Waals surface area contributed by atoms with Crippen LogP contribution in [0.4, 0.5) is 0 Å². The second-order valence-electron chi connectivity index (χ2n) is 5.81. The van der Waals surface area contributed by atoms with E-state index in [2.05, 4.69) is 18.8 Å². The summed E-state index contributed by atoms with van der Waals surface area (Å²) in [4.78, 5) is 5.94. The monoisotopic (exact) mass is 266 g/mol. The number of thiazole rings is 1. The summed E-state index contributed by atoms with van der Waals surface area (Å²) in [5.74, 6) is 0.865. The number of aromatic nitrogens is 1. The molecule has 0 aliphatic heterocycles. The normalized spacial score (nSPS) is 19.7. The first-order chi connectivity index (χ1) is 8.65. The van der Waals surface area contributed by atoms with Gasteiger partial charge in [0.15, 0.2) is 0 Å². The van der Waals surface area contributed by atoms with E-state index < -0.39 is 0 Å². The first-order valence-corrected chi connectivity index (χ1v) is 8.15. The molecule has 1 unspecified atom stereocenters. The molecule has 0 saturated heterocycles. The van der Waals surface area contributed by atoms with Crippen molar-refractivity contribution in [3.8, 4) is 0 Å². The van der Waals surface area contributed by atoms with Crippen LogP contribution in [0.1, 0.15) is 60.5 Å². The molecule has 1 aromatic rings. The van der Waals surface area contributed by atoms with Crippen LogP contribution in [0.3, 0.4) is 0 Å². The van der Waals surface area contributed by atoms with Gasteiger partial charge in [0.05, 0.1) is 10.7 Å². The third-order valence-electron chi connectivity index (χ3n) is 4.12. The van der Waals surface area contributed by atoms with Gasteiger partial charge in [-0.3, -0.25) is 0 Å². The quantitative estimate of drug-likeness (QED) is 0.837. The topological polar surface area (TPSA) is 38.9 Å². The molecule has 1 aliphatic rings. The number of aryl methyl sites for hydroxylation is 2. The van der Waals surface area contributed by atoms with Crippen LogP contribution >= 0.6 is 11.3 Å². The summed E-state index contributed by atoms with van der Waals surface area (Å²) >= 11 is 1.82. The highest BCUT2D eigenvalue weighted by Crippen LogP contribution is 2.27. The number of rotatable bonds is 4. The van der Waals surface area contributed by atoms with Crippen LogP contribution in [0.5, 0.6) is 0 Å². The van der Waals surface area contributed by atoms with Gasteiger partial charge in [-0.25, -0.2) is 4.98 Å². The van der Waals surface area contributed by atoms with E-state index in [1.807, 2.05) is 11.3 Å². The van der Waals surface area contributed by atoms with Crippen molar-refractivity contribution in [3.05, 3.63) is 15.6 Å². The molecule has 2 N–H and O–H groups in total. The number of hydrogen-bond donors (Lipinski definition) is 1. The van der Waals surface area contributed by atoms with Crippen molar-refractivity contribution in [2.75, 3.05) is 0 Å². The minimum absolute atomic E-state index is 0.304. The lowest BCUT2D eigenvalue weighted by molar-refractivity contribution is 0.387. The van der Waals surface area contributed by atoms with Gasteiger partial charge in [0, 0.05) is 17.3 Å². The fourth-order valence-corrected chi connectivity index (χ4v) is 3.99. The molecule has 3 heteroatoms. The zero-order valence-corrected chi connectivity index (χ0v) is 12.6. The van der Waals surface area contributed by atoms with Crippen molar-refractivity contribution in [1.82, 2.24) is 4.98 Å². The molecule has 1 fully saturated rings. The highest BCUT2D eigenvalue weighted by molar-refractivity contribution is 7.11. The van der Waals surface area contributed by atoms with Gasteiger partial charge in [0.1, 0.15) is 0 Å². The Morgan fingerprint density at radius 3 is 2.44 bits per heavy atom. The SMILES string of the molecule is Cc1nc(CC(N)CC2CCCCCC2)sc1C. The zero-order chi connectivity index (χ0) is 13.0. The van der Waals surface area contributed by atoms with Crippen LogP contribution < -0.4 is 5.73 Å². The predicted octanol–water partition coefficient (Wildman–Crippen LogP) is 3.99. The molecule has 0 radical (unpaired) electrons. The molecule has 0 amide bonds. The number of hydrogen-bond acceptors (Lipinski definition) is 3. The largest absolute Gasteiger partial charge is 0.327 e. The maximum absolute atomic E-state index is 6.31. The van der Waals surface area contributed by atoms with Crippen molar-refractivity contribution < 1.29 is 0 Å². The fourth-order valence-electron chi connectivity index (χ4n) is 2.96. The fraction of sp³-hybridized carbons (Fsp3) is 0.800. The first kappa shape index (κ1) is 14.0. The molecule has 1 heterocycles. The zero-order valence-electron chi connectivity index (χ0n) is 11.7. The molecule has 0 aromatic carbocycles. The molecule has 1 atom stereocenters. The molecule has 2 nitrogen and oxygen atoms in total. The Morgan fingerprint density at radius 1 is 1.22 bits per heavy atom. The van der Waals surface area contributed by atoms with Gasteiger partial charge >= 0.3 is 0 Å². The first-order valence-electron chi connectivity index (χ1n) is 7.33. The Kier molecular flexibility index (Phi) is 5.19. The molecule has 2 rings (SSSR count). The van der Waals surface area contributed by atoms with Crippen molar-refractivity contribution in [1.29, 1.82) is 0 Å². The second kappa shape index (κ2) is 6.67. The highest BCUT2D eigenvalue weighted by Gasteiger charge is 2.17. The molecule has 1 aromatic heterocycles. The summed E-state index contributed by atoms with van der Waals surface area (Å²) in [6, 6.07) is 0.304. The lowest BCUT2D eigenvalue weighted by Crippen LogP contribution is -2.26. The van der Waals surface area contributed by atoms with Gasteiger partial charge in [0.25, 0.3) is 0 Å². The standard InChI is InChI=1S/C15H26N2S/c1-11-12(2)18-15(17-11)10-14(16)9-13-7-5-3-4-6-8-13/h13-14H,3-10,16H2,1-2H3. The molecule has 0 spiro atoms. The van der Waals surface area contributed by atoms with Crippen LogP contribution in [0, 0.1) is 19.8 Å². The lowest BCUT2D eigenvalue weighted by Gasteiger charge is -2.18. The van der Waals surface area contributed by atoms with E-state index in [4.69, 9.17) is 5.73 Å². The van der Waals surface area contributed by atoms with Crippen LogP contribution in [0.15, 0.2) is 0 Å². The van der Waals surface area contributed by atoms with E-state index in [9.17, 15) is 0 Å². The summed E-state index contributed by atoms with van der Waals surface area (Å²) in [5, 5.41) is 1.23. The molecule has 1 saturated carbocycles. The Hall–Kier alpha value is -0.410. The summed E-state index contributed by atoms with van der Waals surface area (Å²) < 4.78 is 0. The van der Waals surface area contributed by atoms with E-state index in [0.717, 1.165) is 12.3 Å². The third kappa shape index (κ3) is 4.06. The van der Waals surface area contributed by atoms with Crippen LogP contribution in [-0.2, 0) is 6.42 Å². The smallest absolute Gasteiger partial charge is 0.0946 e. The summed E-state index contributed by atoms with van der Waals surface area (Å²) in [6.45, 7) is 4.24. The van der Waals surface area contributed by atoms with Gasteiger partial charge in [-0.1, -0.05) is 38.5 Å². The van der Waals surface area contributed by atoms with E-state index in [1.165, 1.54) is 60.5 Å². The van der Waals surface area contributed by atoms with Crippen molar-refractivity contribution >= 4 is 11.3 Å². The molecular weight excluding hydrogens is 240 g/mol. The second-order valence-corrected chi connectivity index (χ2v) is 7.09. The van der Waals surface area contributed by atoms with Crippen molar-refractivity contribution in [2.24, 2.45) is 11.7 Å². The Labute approximate surface area is 115 Å². The van der Waals surface area contributed by atoms with E-state index >= 15 is 0 Å². The molecule has 18 heavy (non-hydrogen) atoms. The minimum atomic E-state index is 0.304. The van der Waals surface area contributed by atoms with Crippen LogP contribution in [-0.4, -0.2) is 11.0 Å². The highest BCUT2D eigenvalue weighted by atomic mass is 32.1. The summed E-state index contributed by atoms with van der Waals surface area (Å²) in [6.07, 6.45) is 10.6. The predicted molar refractivity (Wildman–Crippen MR) is 79.1 cm³/mol. The summed E-state index contributed by atoms with van der Waals surface area (Å²) in [5.41, 5.74) is 7.49. The average Bonchev–Trinajstić information content (AvgIpc) is 2.55. The van der Waals surface area contributed by atoms with Gasteiger partial charge in [-0.15, -0.1) is 11.3 Å². The van der Waals surface area contributed by atoms with Gasteiger partial charge < -0.3 is 5.73 Å². The number of nitrogens with zero attached hydrogens (tertiary/aromatic N) is 1. The molecular formula is C15H26N2S. The van der Waals surface area contributed by atoms with E-state index in [-0.39, 0.29) is 0 Å². The maximum atomic E-state index is 6.31. The average molecular weight is 266 g/mol. The molecule has 0 bridgehead atoms. The minimum Gasteiger partial charge on any atom is -0.327 e. The molecule has 102 valence electrons.